The molecule has 0 saturated carbocycles. The van der Waals surface area contributed by atoms with Gasteiger partial charge in [-0.3, -0.25) is 0 Å². The first-order valence-corrected chi connectivity index (χ1v) is 6.57. The Morgan fingerprint density at radius 3 is 2.50 bits per heavy atom. The molecule has 4 heteroatoms. The minimum Gasteiger partial charge on any atom is -0.493 e. The van der Waals surface area contributed by atoms with Crippen LogP contribution in [0.25, 0.3) is 0 Å². The van der Waals surface area contributed by atoms with Crippen LogP contribution in [0.5, 0.6) is 11.5 Å². The maximum Gasteiger partial charge on any atom is 0.163 e. The zero-order valence-electron chi connectivity index (χ0n) is 9.82. The molecule has 0 spiro atoms. The summed E-state index contributed by atoms with van der Waals surface area (Å²) in [7, 11) is 1.60. The first-order valence-electron chi connectivity index (χ1n) is 5.40. The van der Waals surface area contributed by atoms with E-state index in [4.69, 9.17) is 21.1 Å². The smallest absolute Gasteiger partial charge is 0.163 e. The highest BCUT2D eigenvalue weighted by Gasteiger charge is 2.09. The summed E-state index contributed by atoms with van der Waals surface area (Å²) in [5.41, 5.74) is 1.10. The summed E-state index contributed by atoms with van der Waals surface area (Å²) < 4.78 is 11.8. The van der Waals surface area contributed by atoms with Gasteiger partial charge in [0.2, 0.25) is 0 Å². The predicted molar refractivity (Wildman–Crippen MR) is 76.5 cm³/mol. The summed E-state index contributed by atoms with van der Waals surface area (Å²) in [5, 5.41) is 0.596. The van der Waals surface area contributed by atoms with Gasteiger partial charge in [-0.15, -0.1) is 0 Å². The summed E-state index contributed by atoms with van der Waals surface area (Å²) in [5.74, 6) is 1.29. The van der Waals surface area contributed by atoms with E-state index in [1.54, 1.807) is 19.2 Å². The zero-order chi connectivity index (χ0) is 13.0. The zero-order valence-corrected chi connectivity index (χ0v) is 12.2. The van der Waals surface area contributed by atoms with Crippen molar-refractivity contribution < 1.29 is 9.47 Å². The molecule has 18 heavy (non-hydrogen) atoms. The molecule has 0 unspecified atom stereocenters. The van der Waals surface area contributed by atoms with Crippen molar-refractivity contribution in [1.82, 2.24) is 0 Å². The maximum absolute atomic E-state index is 6.04. The van der Waals surface area contributed by atoms with Gasteiger partial charge >= 0.3 is 0 Å². The Balaban J connectivity index is 2.16. The fraction of sp³-hybridized carbons (Fsp3) is 0.143. The largest absolute Gasteiger partial charge is 0.493 e. The third-order valence-electron chi connectivity index (χ3n) is 2.44. The van der Waals surface area contributed by atoms with Crippen LogP contribution in [0, 0.1) is 0 Å². The Labute approximate surface area is 120 Å². The van der Waals surface area contributed by atoms with E-state index in [2.05, 4.69) is 15.9 Å². The van der Waals surface area contributed by atoms with Crippen molar-refractivity contribution in [2.24, 2.45) is 0 Å². The fourth-order valence-electron chi connectivity index (χ4n) is 1.52. The van der Waals surface area contributed by atoms with Gasteiger partial charge in [-0.25, -0.2) is 0 Å². The van der Waals surface area contributed by atoms with Crippen LogP contribution in [0.1, 0.15) is 5.56 Å². The van der Waals surface area contributed by atoms with Crippen LogP contribution in [0.3, 0.4) is 0 Å². The molecule has 0 bridgehead atoms. The van der Waals surface area contributed by atoms with E-state index < -0.39 is 0 Å². The molecule has 0 aliphatic carbocycles. The van der Waals surface area contributed by atoms with Gasteiger partial charge in [0.15, 0.2) is 11.5 Å². The molecule has 0 amide bonds. The lowest BCUT2D eigenvalue weighted by atomic mass is 10.2. The second-order valence-corrected chi connectivity index (χ2v) is 4.95. The first kappa shape index (κ1) is 13.2. The van der Waals surface area contributed by atoms with Gasteiger partial charge in [0.25, 0.3) is 0 Å². The molecule has 0 aliphatic rings. The van der Waals surface area contributed by atoms with E-state index in [-0.39, 0.29) is 0 Å². The van der Waals surface area contributed by atoms with Crippen molar-refractivity contribution in [1.29, 1.82) is 0 Å². The Morgan fingerprint density at radius 2 is 1.83 bits per heavy atom. The monoisotopic (exact) mass is 326 g/mol. The lowest BCUT2D eigenvalue weighted by Gasteiger charge is -2.12. The molecule has 94 valence electrons. The molecular formula is C14H12BrClO2. The molecule has 0 atom stereocenters. The van der Waals surface area contributed by atoms with Crippen molar-refractivity contribution in [3.63, 3.8) is 0 Å². The van der Waals surface area contributed by atoms with Gasteiger partial charge < -0.3 is 9.47 Å². The number of hydrogen-bond donors (Lipinski definition) is 0. The van der Waals surface area contributed by atoms with E-state index in [0.29, 0.717) is 23.1 Å². The molecule has 0 radical (unpaired) electrons. The van der Waals surface area contributed by atoms with Crippen molar-refractivity contribution in [2.75, 3.05) is 7.11 Å². The number of halogens is 2. The van der Waals surface area contributed by atoms with Crippen LogP contribution in [-0.4, -0.2) is 7.11 Å². The highest BCUT2D eigenvalue weighted by Crippen LogP contribution is 2.36. The minimum atomic E-state index is 0.481. The number of benzene rings is 2. The van der Waals surface area contributed by atoms with Crippen molar-refractivity contribution in [3.8, 4) is 11.5 Å². The predicted octanol–water partition coefficient (Wildman–Crippen LogP) is 4.69. The van der Waals surface area contributed by atoms with Crippen LogP contribution >= 0.6 is 27.5 Å². The third kappa shape index (κ3) is 3.18. The van der Waals surface area contributed by atoms with E-state index in [0.717, 1.165) is 10.0 Å². The first-order chi connectivity index (χ1) is 8.70. The lowest BCUT2D eigenvalue weighted by molar-refractivity contribution is 0.284. The van der Waals surface area contributed by atoms with Gasteiger partial charge in [-0.1, -0.05) is 41.9 Å². The highest BCUT2D eigenvalue weighted by atomic mass is 79.9. The molecule has 0 heterocycles. The molecule has 0 N–H and O–H groups in total. The van der Waals surface area contributed by atoms with Crippen LogP contribution in [0.2, 0.25) is 5.02 Å². The molecule has 2 rings (SSSR count). The average Bonchev–Trinajstić information content (AvgIpc) is 2.41. The molecule has 0 fully saturated rings. The van der Waals surface area contributed by atoms with Crippen molar-refractivity contribution >= 4 is 27.5 Å². The molecule has 2 nitrogen and oxygen atoms in total. The standard InChI is InChI=1S/C14H12BrClO2/c1-17-13-7-11(15)12(16)8-14(13)18-9-10-5-3-2-4-6-10/h2-8H,9H2,1H3. The summed E-state index contributed by atoms with van der Waals surface area (Å²) in [6.07, 6.45) is 0. The van der Waals surface area contributed by atoms with E-state index in [9.17, 15) is 0 Å². The summed E-state index contributed by atoms with van der Waals surface area (Å²) in [4.78, 5) is 0. The van der Waals surface area contributed by atoms with Crippen molar-refractivity contribution in [3.05, 3.63) is 57.5 Å². The quantitative estimate of drug-likeness (QED) is 0.811. The molecule has 2 aromatic carbocycles. The van der Waals surface area contributed by atoms with Crippen LogP contribution in [0.15, 0.2) is 46.9 Å². The molecule has 0 aromatic heterocycles. The normalized spacial score (nSPS) is 10.2. The van der Waals surface area contributed by atoms with Gasteiger partial charge in [-0.05, 0) is 27.6 Å². The Bertz CT molecular complexity index is 529. The molecule has 2 aromatic rings. The SMILES string of the molecule is COc1cc(Br)c(Cl)cc1OCc1ccccc1. The second kappa shape index (κ2) is 6.12. The number of rotatable bonds is 4. The number of methoxy groups -OCH3 is 1. The summed E-state index contributed by atoms with van der Waals surface area (Å²) in [6, 6.07) is 13.5. The average molecular weight is 328 g/mol. The Kier molecular flexibility index (Phi) is 4.50. The van der Waals surface area contributed by atoms with Gasteiger partial charge in [0.1, 0.15) is 6.61 Å². The van der Waals surface area contributed by atoms with Crippen LogP contribution in [0.4, 0.5) is 0 Å². The molecule has 0 saturated heterocycles. The maximum atomic E-state index is 6.04. The second-order valence-electron chi connectivity index (χ2n) is 3.69. The van der Waals surface area contributed by atoms with Gasteiger partial charge in [-0.2, -0.15) is 0 Å². The van der Waals surface area contributed by atoms with E-state index in [1.165, 1.54) is 0 Å². The fourth-order valence-corrected chi connectivity index (χ4v) is 1.99. The minimum absolute atomic E-state index is 0.481. The molecular weight excluding hydrogens is 316 g/mol. The Hall–Kier alpha value is -1.19. The van der Waals surface area contributed by atoms with E-state index >= 15 is 0 Å². The Morgan fingerprint density at radius 1 is 1.11 bits per heavy atom. The molecule has 0 aliphatic heterocycles. The highest BCUT2D eigenvalue weighted by molar-refractivity contribution is 9.10. The number of ether oxygens (including phenoxy) is 2. The third-order valence-corrected chi connectivity index (χ3v) is 3.64. The van der Waals surface area contributed by atoms with Crippen LogP contribution < -0.4 is 9.47 Å². The number of hydrogen-bond acceptors (Lipinski definition) is 2. The van der Waals surface area contributed by atoms with Gasteiger partial charge in [0, 0.05) is 10.5 Å². The topological polar surface area (TPSA) is 18.5 Å². The summed E-state index contributed by atoms with van der Waals surface area (Å²) in [6.45, 7) is 0.481. The lowest BCUT2D eigenvalue weighted by Crippen LogP contribution is -1.97. The van der Waals surface area contributed by atoms with E-state index in [1.807, 2.05) is 30.3 Å². The van der Waals surface area contributed by atoms with Gasteiger partial charge in [0.05, 0.1) is 12.1 Å². The van der Waals surface area contributed by atoms with Crippen LogP contribution in [-0.2, 0) is 6.61 Å². The summed E-state index contributed by atoms with van der Waals surface area (Å²) >= 11 is 9.39. The van der Waals surface area contributed by atoms with Crippen molar-refractivity contribution in [2.45, 2.75) is 6.61 Å².